The van der Waals surface area contributed by atoms with Crippen molar-refractivity contribution in [2.75, 3.05) is 6.54 Å². The van der Waals surface area contributed by atoms with Crippen LogP contribution in [0.1, 0.15) is 23.7 Å². The third kappa shape index (κ3) is 4.31. The zero-order valence-corrected chi connectivity index (χ0v) is 12.7. The molecule has 110 valence electrons. The Hall–Kier alpha value is -1.85. The van der Waals surface area contributed by atoms with Crippen molar-refractivity contribution in [3.63, 3.8) is 0 Å². The Morgan fingerprint density at radius 3 is 2.71 bits per heavy atom. The molecule has 0 spiro atoms. The van der Waals surface area contributed by atoms with Crippen LogP contribution in [0.5, 0.6) is 0 Å². The number of hydrogen-bond donors (Lipinski definition) is 1. The van der Waals surface area contributed by atoms with E-state index < -0.39 is 0 Å². The first-order valence-corrected chi connectivity index (χ1v) is 7.21. The van der Waals surface area contributed by atoms with Crippen LogP contribution in [0.2, 0.25) is 0 Å². The lowest BCUT2D eigenvalue weighted by Crippen LogP contribution is -2.23. The van der Waals surface area contributed by atoms with Crippen LogP contribution in [-0.2, 0) is 13.1 Å². The minimum atomic E-state index is -0.241. The quantitative estimate of drug-likeness (QED) is 0.833. The first-order valence-electron chi connectivity index (χ1n) is 6.80. The highest BCUT2D eigenvalue weighted by atomic mass is 32.1. The number of pyridine rings is 1. The Kier molecular flexibility index (Phi) is 5.36. The fraction of sp³-hybridized carbons (Fsp3) is 0.250. The fourth-order valence-electron chi connectivity index (χ4n) is 2.09. The van der Waals surface area contributed by atoms with E-state index in [1.54, 1.807) is 18.3 Å². The predicted octanol–water partition coefficient (Wildman–Crippen LogP) is 2.88. The van der Waals surface area contributed by atoms with Crippen molar-refractivity contribution in [3.05, 3.63) is 65.2 Å². The van der Waals surface area contributed by atoms with Crippen LogP contribution in [0.4, 0.5) is 4.39 Å². The highest BCUT2D eigenvalue weighted by Gasteiger charge is 2.11. The van der Waals surface area contributed by atoms with E-state index in [4.69, 9.17) is 18.0 Å². The van der Waals surface area contributed by atoms with E-state index in [2.05, 4.69) is 9.88 Å². The number of halogens is 1. The third-order valence-corrected chi connectivity index (χ3v) is 3.52. The molecule has 0 radical (unpaired) electrons. The van der Waals surface area contributed by atoms with Gasteiger partial charge in [0.2, 0.25) is 0 Å². The molecule has 0 bridgehead atoms. The van der Waals surface area contributed by atoms with Gasteiger partial charge in [0.25, 0.3) is 0 Å². The predicted molar refractivity (Wildman–Crippen MR) is 86.3 cm³/mol. The van der Waals surface area contributed by atoms with Gasteiger partial charge in [0, 0.05) is 30.4 Å². The van der Waals surface area contributed by atoms with E-state index in [0.29, 0.717) is 24.2 Å². The Balaban J connectivity index is 2.14. The van der Waals surface area contributed by atoms with Crippen molar-refractivity contribution in [3.8, 4) is 0 Å². The summed E-state index contributed by atoms with van der Waals surface area (Å²) >= 11 is 4.94. The Labute approximate surface area is 129 Å². The van der Waals surface area contributed by atoms with Gasteiger partial charge in [-0.05, 0) is 36.9 Å². The summed E-state index contributed by atoms with van der Waals surface area (Å²) in [5, 5.41) is 0. The van der Waals surface area contributed by atoms with Crippen LogP contribution < -0.4 is 5.73 Å². The second kappa shape index (κ2) is 7.24. The molecule has 3 nitrogen and oxygen atoms in total. The summed E-state index contributed by atoms with van der Waals surface area (Å²) in [6, 6.07) is 10.5. The first-order chi connectivity index (χ1) is 10.1. The summed E-state index contributed by atoms with van der Waals surface area (Å²) in [5.41, 5.74) is 7.85. The fourth-order valence-corrected chi connectivity index (χ4v) is 2.22. The first kappa shape index (κ1) is 15.5. The average Bonchev–Trinajstić information content (AvgIpc) is 2.49. The van der Waals surface area contributed by atoms with Gasteiger partial charge in [0.05, 0.1) is 5.69 Å². The van der Waals surface area contributed by atoms with Gasteiger partial charge in [0.1, 0.15) is 10.8 Å². The highest BCUT2D eigenvalue weighted by molar-refractivity contribution is 7.80. The molecule has 0 aliphatic carbocycles. The minimum Gasteiger partial charge on any atom is -0.389 e. The zero-order chi connectivity index (χ0) is 15.2. The maximum atomic E-state index is 13.9. The summed E-state index contributed by atoms with van der Waals surface area (Å²) < 4.78 is 13.9. The van der Waals surface area contributed by atoms with Gasteiger partial charge in [-0.1, -0.05) is 25.2 Å². The molecular weight excluding hydrogens is 285 g/mol. The van der Waals surface area contributed by atoms with Gasteiger partial charge < -0.3 is 5.73 Å². The smallest absolute Gasteiger partial charge is 0.127 e. The van der Waals surface area contributed by atoms with Gasteiger partial charge in [-0.15, -0.1) is 0 Å². The molecule has 0 saturated heterocycles. The number of nitrogens with two attached hydrogens (primary N) is 1. The zero-order valence-electron chi connectivity index (χ0n) is 11.9. The molecule has 21 heavy (non-hydrogen) atoms. The van der Waals surface area contributed by atoms with E-state index in [1.807, 2.05) is 25.1 Å². The van der Waals surface area contributed by atoms with E-state index in [9.17, 15) is 4.39 Å². The Bertz CT molecular complexity index is 616. The van der Waals surface area contributed by atoms with Crippen molar-refractivity contribution in [1.29, 1.82) is 0 Å². The average molecular weight is 303 g/mol. The van der Waals surface area contributed by atoms with E-state index in [0.717, 1.165) is 12.2 Å². The summed E-state index contributed by atoms with van der Waals surface area (Å²) in [6.07, 6.45) is 1.76. The van der Waals surface area contributed by atoms with Crippen molar-refractivity contribution in [2.24, 2.45) is 5.73 Å². The minimum absolute atomic E-state index is 0.241. The second-order valence-corrected chi connectivity index (χ2v) is 5.23. The van der Waals surface area contributed by atoms with Crippen molar-refractivity contribution < 1.29 is 4.39 Å². The van der Waals surface area contributed by atoms with Crippen LogP contribution in [0.25, 0.3) is 0 Å². The molecule has 2 aromatic rings. The molecule has 2 rings (SSSR count). The molecule has 0 atom stereocenters. The molecule has 1 heterocycles. The molecule has 0 unspecified atom stereocenters. The number of rotatable bonds is 6. The van der Waals surface area contributed by atoms with Gasteiger partial charge in [0.15, 0.2) is 0 Å². The van der Waals surface area contributed by atoms with Gasteiger partial charge in [-0.2, -0.15) is 0 Å². The lowest BCUT2D eigenvalue weighted by molar-refractivity contribution is 0.264. The maximum absolute atomic E-state index is 13.9. The maximum Gasteiger partial charge on any atom is 0.127 e. The number of benzene rings is 1. The van der Waals surface area contributed by atoms with Crippen molar-refractivity contribution in [2.45, 2.75) is 20.0 Å². The number of hydrogen-bond acceptors (Lipinski definition) is 3. The van der Waals surface area contributed by atoms with Gasteiger partial charge >= 0.3 is 0 Å². The molecular formula is C16H18FN3S. The molecule has 1 aromatic carbocycles. The molecule has 0 amide bonds. The van der Waals surface area contributed by atoms with Gasteiger partial charge in [-0.3, -0.25) is 9.88 Å². The third-order valence-electron chi connectivity index (χ3n) is 3.28. The molecule has 5 heteroatoms. The van der Waals surface area contributed by atoms with Crippen LogP contribution in [0, 0.1) is 5.82 Å². The Morgan fingerprint density at radius 1 is 1.29 bits per heavy atom. The summed E-state index contributed by atoms with van der Waals surface area (Å²) in [6.45, 7) is 4.01. The van der Waals surface area contributed by atoms with Crippen molar-refractivity contribution in [1.82, 2.24) is 9.88 Å². The van der Waals surface area contributed by atoms with Gasteiger partial charge in [-0.25, -0.2) is 4.39 Å². The lowest BCUT2D eigenvalue weighted by atomic mass is 10.1. The van der Waals surface area contributed by atoms with Crippen LogP contribution in [0.3, 0.4) is 0 Å². The van der Waals surface area contributed by atoms with Crippen LogP contribution in [0.15, 0.2) is 42.6 Å². The SMILES string of the molecule is CCN(Cc1ccccn1)Cc1cc(C(N)=S)ccc1F. The second-order valence-electron chi connectivity index (χ2n) is 4.79. The molecule has 0 aliphatic heterocycles. The molecule has 0 aliphatic rings. The monoisotopic (exact) mass is 303 g/mol. The summed E-state index contributed by atoms with van der Waals surface area (Å²) in [4.78, 5) is 6.70. The topological polar surface area (TPSA) is 42.2 Å². The molecule has 0 fully saturated rings. The normalized spacial score (nSPS) is 10.8. The standard InChI is InChI=1S/C16H18FN3S/c1-2-20(11-14-5-3-4-8-19-14)10-13-9-12(16(18)21)6-7-15(13)17/h3-9H,2,10-11H2,1H3,(H2,18,21). The number of thiocarbonyl (C=S) groups is 1. The van der Waals surface area contributed by atoms with Crippen LogP contribution in [-0.4, -0.2) is 21.4 Å². The molecule has 0 saturated carbocycles. The van der Waals surface area contributed by atoms with E-state index in [-0.39, 0.29) is 10.8 Å². The molecule has 2 N–H and O–H groups in total. The number of aromatic nitrogens is 1. The van der Waals surface area contributed by atoms with Crippen molar-refractivity contribution >= 4 is 17.2 Å². The van der Waals surface area contributed by atoms with E-state index >= 15 is 0 Å². The van der Waals surface area contributed by atoms with E-state index in [1.165, 1.54) is 6.07 Å². The highest BCUT2D eigenvalue weighted by Crippen LogP contribution is 2.14. The largest absolute Gasteiger partial charge is 0.389 e. The molecule has 1 aromatic heterocycles. The number of nitrogens with zero attached hydrogens (tertiary/aromatic N) is 2. The lowest BCUT2D eigenvalue weighted by Gasteiger charge is -2.20. The summed E-state index contributed by atoms with van der Waals surface area (Å²) in [5.74, 6) is -0.241. The Morgan fingerprint density at radius 2 is 2.10 bits per heavy atom. The summed E-state index contributed by atoms with van der Waals surface area (Å²) in [7, 11) is 0. The van der Waals surface area contributed by atoms with Crippen LogP contribution >= 0.6 is 12.2 Å².